The summed E-state index contributed by atoms with van der Waals surface area (Å²) in [5.74, 6) is 0. The van der Waals surface area contributed by atoms with Gasteiger partial charge >= 0.3 is 0 Å². The van der Waals surface area contributed by atoms with Crippen molar-refractivity contribution in [3.8, 4) is 0 Å². The smallest absolute Gasteiger partial charge is 0.186 e. The van der Waals surface area contributed by atoms with E-state index < -0.39 is 6.10 Å². The quantitative estimate of drug-likeness (QED) is 0.861. The van der Waals surface area contributed by atoms with Gasteiger partial charge in [-0.25, -0.2) is 4.98 Å². The summed E-state index contributed by atoms with van der Waals surface area (Å²) in [6.07, 6.45) is 0.697. The van der Waals surface area contributed by atoms with Gasteiger partial charge in [-0.05, 0) is 34.1 Å². The van der Waals surface area contributed by atoms with Gasteiger partial charge in [0.1, 0.15) is 0 Å². The Morgan fingerprint density at radius 3 is 2.38 bits per heavy atom. The van der Waals surface area contributed by atoms with Crippen LogP contribution >= 0.6 is 11.3 Å². The number of anilines is 1. The zero-order valence-electron chi connectivity index (χ0n) is 10.8. The fraction of sp³-hybridized carbons (Fsp3) is 0.750. The molecular weight excluding hydrogens is 220 g/mol. The van der Waals surface area contributed by atoms with Crippen molar-refractivity contribution in [2.75, 3.05) is 11.4 Å². The van der Waals surface area contributed by atoms with E-state index in [0.717, 1.165) is 28.7 Å². The summed E-state index contributed by atoms with van der Waals surface area (Å²) in [6, 6.07) is 0.451. The Morgan fingerprint density at radius 1 is 1.38 bits per heavy atom. The summed E-state index contributed by atoms with van der Waals surface area (Å²) in [5, 5.41) is 10.7. The third-order valence-electron chi connectivity index (χ3n) is 2.53. The van der Waals surface area contributed by atoms with E-state index in [0.29, 0.717) is 6.04 Å². The second-order valence-electron chi connectivity index (χ2n) is 4.41. The van der Waals surface area contributed by atoms with Crippen molar-refractivity contribution in [2.24, 2.45) is 0 Å². The van der Waals surface area contributed by atoms with Crippen LogP contribution in [0.5, 0.6) is 0 Å². The monoisotopic (exact) mass is 242 g/mol. The molecule has 0 aliphatic carbocycles. The zero-order chi connectivity index (χ0) is 12.3. The van der Waals surface area contributed by atoms with Gasteiger partial charge in [0, 0.05) is 12.6 Å². The van der Waals surface area contributed by atoms with Gasteiger partial charge in [-0.2, -0.15) is 0 Å². The van der Waals surface area contributed by atoms with Crippen LogP contribution in [0.25, 0.3) is 0 Å². The van der Waals surface area contributed by atoms with Crippen molar-refractivity contribution in [3.63, 3.8) is 0 Å². The number of thiazole rings is 1. The van der Waals surface area contributed by atoms with Gasteiger partial charge in [0.15, 0.2) is 5.13 Å². The number of aliphatic hydroxyl groups excluding tert-OH is 1. The van der Waals surface area contributed by atoms with Gasteiger partial charge in [0.2, 0.25) is 0 Å². The maximum absolute atomic E-state index is 9.62. The molecule has 1 unspecified atom stereocenters. The Morgan fingerprint density at radius 2 is 2.00 bits per heavy atom. The average molecular weight is 242 g/mol. The van der Waals surface area contributed by atoms with E-state index in [2.05, 4.69) is 30.7 Å². The minimum Gasteiger partial charge on any atom is -0.388 e. The van der Waals surface area contributed by atoms with Crippen LogP contribution in [0.4, 0.5) is 5.13 Å². The predicted octanol–water partition coefficient (Wildman–Crippen LogP) is 3.13. The molecule has 3 nitrogen and oxygen atoms in total. The fourth-order valence-corrected chi connectivity index (χ4v) is 2.88. The Labute approximate surface area is 102 Å². The maximum Gasteiger partial charge on any atom is 0.186 e. The molecule has 1 atom stereocenters. The number of rotatable bonds is 5. The molecule has 16 heavy (non-hydrogen) atoms. The molecule has 0 aromatic carbocycles. The van der Waals surface area contributed by atoms with Gasteiger partial charge in [-0.3, -0.25) is 0 Å². The fourth-order valence-electron chi connectivity index (χ4n) is 1.72. The lowest BCUT2D eigenvalue weighted by atomic mass is 10.3. The first kappa shape index (κ1) is 13.5. The molecule has 1 rings (SSSR count). The van der Waals surface area contributed by atoms with Crippen LogP contribution in [-0.2, 0) is 0 Å². The van der Waals surface area contributed by atoms with Crippen LogP contribution in [-0.4, -0.2) is 22.7 Å². The average Bonchev–Trinajstić information content (AvgIpc) is 2.56. The summed E-state index contributed by atoms with van der Waals surface area (Å²) >= 11 is 1.61. The van der Waals surface area contributed by atoms with Crippen LogP contribution < -0.4 is 4.90 Å². The summed E-state index contributed by atoms with van der Waals surface area (Å²) in [4.78, 5) is 7.83. The molecular formula is C12H22N2OS. The standard InChI is InChI=1S/C12H22N2OS/c1-6-7-14(8(2)3)12-13-9(4)11(16-12)10(5)15/h8,10,15H,6-7H2,1-5H3. The van der Waals surface area contributed by atoms with Crippen LogP contribution in [0.2, 0.25) is 0 Å². The number of aryl methyl sites for hydroxylation is 1. The molecule has 0 amide bonds. The maximum atomic E-state index is 9.62. The third-order valence-corrected chi connectivity index (χ3v) is 3.90. The normalized spacial score (nSPS) is 13.2. The molecule has 0 aliphatic rings. The lowest BCUT2D eigenvalue weighted by Crippen LogP contribution is -2.31. The highest BCUT2D eigenvalue weighted by Crippen LogP contribution is 2.31. The van der Waals surface area contributed by atoms with Crippen LogP contribution in [0.3, 0.4) is 0 Å². The van der Waals surface area contributed by atoms with Gasteiger partial charge in [0.05, 0.1) is 16.7 Å². The molecule has 4 heteroatoms. The van der Waals surface area contributed by atoms with E-state index in [1.165, 1.54) is 0 Å². The zero-order valence-corrected chi connectivity index (χ0v) is 11.6. The highest BCUT2D eigenvalue weighted by molar-refractivity contribution is 7.15. The molecule has 0 fully saturated rings. The van der Waals surface area contributed by atoms with Crippen LogP contribution in [0, 0.1) is 6.92 Å². The van der Waals surface area contributed by atoms with Crippen molar-refractivity contribution in [1.29, 1.82) is 0 Å². The number of nitrogens with zero attached hydrogens (tertiary/aromatic N) is 2. The first-order valence-corrected chi connectivity index (χ1v) is 6.71. The number of aliphatic hydroxyl groups is 1. The van der Waals surface area contributed by atoms with E-state index in [1.54, 1.807) is 18.3 Å². The Balaban J connectivity index is 2.97. The number of hydrogen-bond acceptors (Lipinski definition) is 4. The van der Waals surface area contributed by atoms with Crippen LogP contribution in [0.1, 0.15) is 50.8 Å². The van der Waals surface area contributed by atoms with Gasteiger partial charge in [-0.1, -0.05) is 18.3 Å². The van der Waals surface area contributed by atoms with E-state index >= 15 is 0 Å². The molecule has 1 heterocycles. The van der Waals surface area contributed by atoms with Crippen molar-refractivity contribution in [3.05, 3.63) is 10.6 Å². The molecule has 0 bridgehead atoms. The lowest BCUT2D eigenvalue weighted by Gasteiger charge is -2.25. The highest BCUT2D eigenvalue weighted by Gasteiger charge is 2.18. The van der Waals surface area contributed by atoms with E-state index in [4.69, 9.17) is 0 Å². The first-order chi connectivity index (χ1) is 7.47. The van der Waals surface area contributed by atoms with E-state index in [-0.39, 0.29) is 0 Å². The predicted molar refractivity (Wildman–Crippen MR) is 70.3 cm³/mol. The largest absolute Gasteiger partial charge is 0.388 e. The SMILES string of the molecule is CCCN(c1nc(C)c(C(C)O)s1)C(C)C. The van der Waals surface area contributed by atoms with Gasteiger partial charge in [0.25, 0.3) is 0 Å². The third kappa shape index (κ3) is 2.95. The van der Waals surface area contributed by atoms with Crippen molar-refractivity contribution in [1.82, 2.24) is 4.98 Å². The first-order valence-electron chi connectivity index (χ1n) is 5.89. The van der Waals surface area contributed by atoms with Crippen molar-refractivity contribution < 1.29 is 5.11 Å². The summed E-state index contributed by atoms with van der Waals surface area (Å²) in [7, 11) is 0. The van der Waals surface area contributed by atoms with Gasteiger partial charge < -0.3 is 10.0 Å². The second kappa shape index (κ2) is 5.64. The minimum absolute atomic E-state index is 0.415. The Bertz CT molecular complexity index is 334. The lowest BCUT2D eigenvalue weighted by molar-refractivity contribution is 0.202. The second-order valence-corrected chi connectivity index (χ2v) is 5.42. The molecule has 0 radical (unpaired) electrons. The van der Waals surface area contributed by atoms with Crippen molar-refractivity contribution in [2.45, 2.75) is 53.2 Å². The van der Waals surface area contributed by atoms with E-state index in [1.807, 2.05) is 6.92 Å². The highest BCUT2D eigenvalue weighted by atomic mass is 32.1. The number of hydrogen-bond donors (Lipinski definition) is 1. The summed E-state index contributed by atoms with van der Waals surface area (Å²) < 4.78 is 0. The molecule has 1 aromatic rings. The van der Waals surface area contributed by atoms with Crippen LogP contribution in [0.15, 0.2) is 0 Å². The molecule has 0 spiro atoms. The van der Waals surface area contributed by atoms with Crippen molar-refractivity contribution >= 4 is 16.5 Å². The molecule has 1 aromatic heterocycles. The molecule has 0 aliphatic heterocycles. The number of aromatic nitrogens is 1. The molecule has 0 saturated carbocycles. The summed E-state index contributed by atoms with van der Waals surface area (Å²) in [5.41, 5.74) is 0.955. The van der Waals surface area contributed by atoms with Gasteiger partial charge in [-0.15, -0.1) is 0 Å². The minimum atomic E-state index is -0.415. The Hall–Kier alpha value is -0.610. The van der Waals surface area contributed by atoms with E-state index in [9.17, 15) is 5.11 Å². The molecule has 1 N–H and O–H groups in total. The Kier molecular flexibility index (Phi) is 4.74. The summed E-state index contributed by atoms with van der Waals surface area (Å²) in [6.45, 7) is 11.3. The molecule has 0 saturated heterocycles. The topological polar surface area (TPSA) is 36.4 Å². The molecule has 92 valence electrons.